The Hall–Kier alpha value is -2.86. The van der Waals surface area contributed by atoms with Crippen LogP contribution in [0.1, 0.15) is 5.56 Å². The van der Waals surface area contributed by atoms with Crippen LogP contribution in [0, 0.1) is 0 Å². The van der Waals surface area contributed by atoms with Crippen molar-refractivity contribution in [1.29, 1.82) is 0 Å². The Labute approximate surface area is 143 Å². The minimum Gasteiger partial charge on any atom is -0.291 e. The fraction of sp³-hybridized carbons (Fsp3) is 0.0556. The van der Waals surface area contributed by atoms with Crippen LogP contribution in [-0.4, -0.2) is 22.4 Å². The van der Waals surface area contributed by atoms with Crippen molar-refractivity contribution in [1.82, 2.24) is 9.97 Å². The van der Waals surface area contributed by atoms with Gasteiger partial charge in [0.05, 0.1) is 11.9 Å². The van der Waals surface area contributed by atoms with Crippen LogP contribution in [0.15, 0.2) is 75.5 Å². The molecule has 120 valence electrons. The molecule has 5 nitrogen and oxygen atoms in total. The van der Waals surface area contributed by atoms with Crippen LogP contribution in [0.3, 0.4) is 0 Å². The number of nitrogens with zero attached hydrogens (tertiary/aromatic N) is 2. The lowest BCUT2D eigenvalue weighted by atomic mass is 10.1. The number of aromatic amines is 1. The second-order valence-electron chi connectivity index (χ2n) is 4.99. The van der Waals surface area contributed by atoms with Crippen LogP contribution in [0.4, 0.5) is 5.95 Å². The Balaban J connectivity index is 1.76. The summed E-state index contributed by atoms with van der Waals surface area (Å²) in [4.78, 5) is 20.0. The third-order valence-corrected chi connectivity index (χ3v) is 4.05. The number of H-pyrrole nitrogens is 1. The smallest absolute Gasteiger partial charge is 0.252 e. The zero-order valence-electron chi connectivity index (χ0n) is 13.1. The topological polar surface area (TPSA) is 70.1 Å². The zero-order chi connectivity index (χ0) is 16.8. The second kappa shape index (κ2) is 7.61. The van der Waals surface area contributed by atoms with Crippen LogP contribution < -0.4 is 11.0 Å². The number of hydrazone groups is 1. The summed E-state index contributed by atoms with van der Waals surface area (Å²) >= 11 is 1.69. The molecular formula is C18H16N4OS. The van der Waals surface area contributed by atoms with Gasteiger partial charge in [-0.1, -0.05) is 42.5 Å². The van der Waals surface area contributed by atoms with Crippen molar-refractivity contribution >= 4 is 23.9 Å². The Kier molecular flexibility index (Phi) is 5.08. The van der Waals surface area contributed by atoms with Crippen molar-refractivity contribution in [3.63, 3.8) is 0 Å². The van der Waals surface area contributed by atoms with E-state index in [-0.39, 0.29) is 5.56 Å². The van der Waals surface area contributed by atoms with E-state index in [1.165, 1.54) is 11.0 Å². The average Bonchev–Trinajstić information content (AvgIpc) is 2.63. The maximum absolute atomic E-state index is 11.8. The largest absolute Gasteiger partial charge is 0.291 e. The third kappa shape index (κ3) is 4.11. The molecule has 2 aromatic carbocycles. The van der Waals surface area contributed by atoms with Crippen LogP contribution in [0.2, 0.25) is 0 Å². The first-order chi connectivity index (χ1) is 11.7. The summed E-state index contributed by atoms with van der Waals surface area (Å²) in [6, 6.07) is 19.0. The molecule has 2 N–H and O–H groups in total. The quantitative estimate of drug-likeness (QED) is 0.424. The van der Waals surface area contributed by atoms with E-state index < -0.39 is 0 Å². The number of hydrogen-bond acceptors (Lipinski definition) is 5. The van der Waals surface area contributed by atoms with Gasteiger partial charge in [-0.25, -0.2) is 10.4 Å². The maximum atomic E-state index is 11.8. The van der Waals surface area contributed by atoms with Crippen molar-refractivity contribution in [2.45, 2.75) is 4.90 Å². The first-order valence-corrected chi connectivity index (χ1v) is 8.57. The molecular weight excluding hydrogens is 320 g/mol. The second-order valence-corrected chi connectivity index (χ2v) is 5.87. The molecule has 0 saturated heterocycles. The van der Waals surface area contributed by atoms with Crippen LogP contribution in [0.5, 0.6) is 0 Å². The molecule has 1 aromatic heterocycles. The van der Waals surface area contributed by atoms with E-state index in [1.807, 2.05) is 60.9 Å². The van der Waals surface area contributed by atoms with E-state index in [0.29, 0.717) is 11.6 Å². The molecule has 0 fully saturated rings. The summed E-state index contributed by atoms with van der Waals surface area (Å²) in [5.74, 6) is 0.304. The molecule has 3 rings (SSSR count). The molecule has 0 radical (unpaired) electrons. The molecule has 24 heavy (non-hydrogen) atoms. The molecule has 0 spiro atoms. The van der Waals surface area contributed by atoms with Crippen molar-refractivity contribution in [2.75, 3.05) is 11.7 Å². The summed E-state index contributed by atoms with van der Waals surface area (Å²) < 4.78 is 0. The van der Waals surface area contributed by atoms with Crippen molar-refractivity contribution in [2.24, 2.45) is 5.10 Å². The van der Waals surface area contributed by atoms with Gasteiger partial charge in [0.1, 0.15) is 0 Å². The molecule has 0 amide bonds. The van der Waals surface area contributed by atoms with Gasteiger partial charge in [0.25, 0.3) is 5.56 Å². The molecule has 0 aliphatic rings. The van der Waals surface area contributed by atoms with Crippen LogP contribution in [0.25, 0.3) is 11.3 Å². The molecule has 6 heteroatoms. The standard InChI is InChI=1S/C18H16N4OS/c1-24-15-9-7-13(8-10-15)12-19-22-18-20-16(11-17(23)21-18)14-5-3-2-4-6-14/h2-12H,1H3,(H2,20,21,22,23)/b19-12+. The molecule has 0 unspecified atom stereocenters. The summed E-state index contributed by atoms with van der Waals surface area (Å²) in [6.45, 7) is 0. The number of aromatic nitrogens is 2. The lowest BCUT2D eigenvalue weighted by Gasteiger charge is -2.03. The van der Waals surface area contributed by atoms with Gasteiger partial charge in [0.2, 0.25) is 5.95 Å². The molecule has 0 aliphatic carbocycles. The highest BCUT2D eigenvalue weighted by molar-refractivity contribution is 7.98. The summed E-state index contributed by atoms with van der Waals surface area (Å²) in [7, 11) is 0. The highest BCUT2D eigenvalue weighted by atomic mass is 32.2. The lowest BCUT2D eigenvalue weighted by Crippen LogP contribution is -2.10. The first kappa shape index (κ1) is 16.0. The summed E-state index contributed by atoms with van der Waals surface area (Å²) in [5, 5.41) is 4.13. The molecule has 0 bridgehead atoms. The first-order valence-electron chi connectivity index (χ1n) is 7.34. The fourth-order valence-corrected chi connectivity index (χ4v) is 2.53. The van der Waals surface area contributed by atoms with Gasteiger partial charge >= 0.3 is 0 Å². The van der Waals surface area contributed by atoms with Gasteiger partial charge in [-0.3, -0.25) is 9.78 Å². The molecule has 0 aliphatic heterocycles. The Morgan fingerprint density at radius 2 is 1.88 bits per heavy atom. The van der Waals surface area contributed by atoms with Gasteiger partial charge in [0, 0.05) is 16.5 Å². The Morgan fingerprint density at radius 1 is 1.12 bits per heavy atom. The third-order valence-electron chi connectivity index (χ3n) is 3.31. The van der Waals surface area contributed by atoms with Gasteiger partial charge in [-0.15, -0.1) is 11.8 Å². The SMILES string of the molecule is CSc1ccc(/C=N/Nc2nc(-c3ccccc3)cc(=O)[nH]2)cc1. The van der Waals surface area contributed by atoms with Crippen molar-refractivity contribution in [3.05, 3.63) is 76.6 Å². The maximum Gasteiger partial charge on any atom is 0.252 e. The minimum atomic E-state index is -0.231. The minimum absolute atomic E-state index is 0.231. The summed E-state index contributed by atoms with van der Waals surface area (Å²) in [5.41, 5.74) is 4.98. The highest BCUT2D eigenvalue weighted by Gasteiger charge is 2.02. The van der Waals surface area contributed by atoms with Crippen LogP contribution >= 0.6 is 11.8 Å². The highest BCUT2D eigenvalue weighted by Crippen LogP contribution is 2.16. The number of anilines is 1. The van der Waals surface area contributed by atoms with E-state index >= 15 is 0 Å². The van der Waals surface area contributed by atoms with E-state index in [2.05, 4.69) is 20.5 Å². The van der Waals surface area contributed by atoms with Gasteiger partial charge < -0.3 is 0 Å². The monoisotopic (exact) mass is 336 g/mol. The molecule has 3 aromatic rings. The molecule has 1 heterocycles. The number of thioether (sulfide) groups is 1. The van der Waals surface area contributed by atoms with E-state index in [0.717, 1.165) is 11.1 Å². The van der Waals surface area contributed by atoms with Gasteiger partial charge in [-0.2, -0.15) is 5.10 Å². The predicted molar refractivity (Wildman–Crippen MR) is 99.7 cm³/mol. The Bertz CT molecular complexity index is 889. The lowest BCUT2D eigenvalue weighted by molar-refractivity contribution is 1.09. The predicted octanol–water partition coefficient (Wildman–Crippen LogP) is 3.60. The van der Waals surface area contributed by atoms with Gasteiger partial charge in [-0.05, 0) is 24.0 Å². The molecule has 0 atom stereocenters. The number of benzene rings is 2. The van der Waals surface area contributed by atoms with Gasteiger partial charge in [0.15, 0.2) is 0 Å². The Morgan fingerprint density at radius 3 is 2.58 bits per heavy atom. The number of nitrogens with one attached hydrogen (secondary N) is 2. The van der Waals surface area contributed by atoms with Crippen molar-refractivity contribution in [3.8, 4) is 11.3 Å². The number of rotatable bonds is 5. The number of hydrogen-bond donors (Lipinski definition) is 2. The average molecular weight is 336 g/mol. The van der Waals surface area contributed by atoms with Crippen molar-refractivity contribution < 1.29 is 0 Å². The molecule has 0 saturated carbocycles. The van der Waals surface area contributed by atoms with E-state index in [4.69, 9.17) is 0 Å². The van der Waals surface area contributed by atoms with E-state index in [9.17, 15) is 4.79 Å². The normalized spacial score (nSPS) is 10.9. The fourth-order valence-electron chi connectivity index (χ4n) is 2.13. The van der Waals surface area contributed by atoms with Crippen LogP contribution in [-0.2, 0) is 0 Å². The van der Waals surface area contributed by atoms with E-state index in [1.54, 1.807) is 18.0 Å². The zero-order valence-corrected chi connectivity index (χ0v) is 13.9. The summed E-state index contributed by atoms with van der Waals surface area (Å²) in [6.07, 6.45) is 3.71.